The molecular weight excluding hydrogens is 388 g/mol. The Hall–Kier alpha value is -2.59. The van der Waals surface area contributed by atoms with Gasteiger partial charge in [0.25, 0.3) is 0 Å². The lowest BCUT2D eigenvalue weighted by atomic mass is 10.0. The van der Waals surface area contributed by atoms with Crippen molar-refractivity contribution in [2.24, 2.45) is 0 Å². The van der Waals surface area contributed by atoms with Crippen LogP contribution in [0.1, 0.15) is 17.4 Å². The van der Waals surface area contributed by atoms with E-state index in [0.717, 1.165) is 17.0 Å². The molecule has 4 N–H and O–H groups in total. The van der Waals surface area contributed by atoms with E-state index >= 15 is 0 Å². The van der Waals surface area contributed by atoms with Gasteiger partial charge >= 0.3 is 0 Å². The molecule has 0 aliphatic rings. The van der Waals surface area contributed by atoms with E-state index in [4.69, 9.17) is 5.73 Å². The maximum atomic E-state index is 13.5. The molecule has 0 saturated carbocycles. The fraction of sp³-hybridized carbons (Fsp3) is 0.389. The maximum absolute atomic E-state index is 13.5. The van der Waals surface area contributed by atoms with Crippen LogP contribution in [-0.4, -0.2) is 47.9 Å². The molecule has 152 valence electrons. The summed E-state index contributed by atoms with van der Waals surface area (Å²) in [7, 11) is 3.48. The number of halogens is 2. The number of hydrogen-bond acceptors (Lipinski definition) is 6. The van der Waals surface area contributed by atoms with Gasteiger partial charge in [0.05, 0.1) is 12.6 Å². The molecule has 2 amide bonds. The van der Waals surface area contributed by atoms with Gasteiger partial charge in [-0.15, -0.1) is 11.3 Å². The van der Waals surface area contributed by atoms with Crippen LogP contribution >= 0.6 is 11.3 Å². The highest BCUT2D eigenvalue weighted by atomic mass is 32.1. The zero-order valence-corrected chi connectivity index (χ0v) is 16.6. The lowest BCUT2D eigenvalue weighted by Gasteiger charge is -2.24. The minimum absolute atomic E-state index is 0.0136. The van der Waals surface area contributed by atoms with Crippen LogP contribution in [0.2, 0.25) is 0 Å². The second kappa shape index (κ2) is 9.56. The molecule has 1 aromatic heterocycles. The van der Waals surface area contributed by atoms with Gasteiger partial charge in [-0.1, -0.05) is 6.07 Å². The predicted octanol–water partition coefficient (Wildman–Crippen LogP) is 1.30. The summed E-state index contributed by atoms with van der Waals surface area (Å²) in [5, 5.41) is 5.77. The molecule has 0 aliphatic heterocycles. The van der Waals surface area contributed by atoms with Crippen LogP contribution in [0.4, 0.5) is 13.9 Å². The standard InChI is InChI=1S/C18H23F2N5O2S/c1-10(25(2)3)16(26)24-15(7-11-4-5-13(19)14(20)6-11)17(27)22-8-12-9-23-18(21)28-12/h4-6,9-10,15H,7-8H2,1-3H3,(H2,21,23)(H,22,27)(H,24,26)/t10-,15-/m0/s1. The highest BCUT2D eigenvalue weighted by Crippen LogP contribution is 2.14. The third kappa shape index (κ3) is 5.96. The van der Waals surface area contributed by atoms with Gasteiger partial charge in [-0.2, -0.15) is 0 Å². The molecule has 7 nitrogen and oxygen atoms in total. The summed E-state index contributed by atoms with van der Waals surface area (Å²) in [5.41, 5.74) is 5.96. The van der Waals surface area contributed by atoms with Crippen LogP contribution in [0, 0.1) is 11.6 Å². The molecule has 2 atom stereocenters. The lowest BCUT2D eigenvalue weighted by molar-refractivity contribution is -0.131. The van der Waals surface area contributed by atoms with Crippen LogP contribution in [0.5, 0.6) is 0 Å². The number of nitrogens with zero attached hydrogens (tertiary/aromatic N) is 2. The second-order valence-corrected chi connectivity index (χ2v) is 7.68. The van der Waals surface area contributed by atoms with Crippen molar-refractivity contribution in [2.45, 2.75) is 32.0 Å². The highest BCUT2D eigenvalue weighted by molar-refractivity contribution is 7.15. The zero-order chi connectivity index (χ0) is 20.8. The van der Waals surface area contributed by atoms with E-state index in [1.54, 1.807) is 32.1 Å². The summed E-state index contributed by atoms with van der Waals surface area (Å²) in [6, 6.07) is 1.96. The van der Waals surface area contributed by atoms with Crippen molar-refractivity contribution >= 4 is 28.3 Å². The van der Waals surface area contributed by atoms with Gasteiger partial charge in [-0.3, -0.25) is 14.5 Å². The number of carbonyl (C=O) groups is 2. The Morgan fingerprint density at radius 1 is 1.25 bits per heavy atom. The average Bonchev–Trinajstić information content (AvgIpc) is 3.06. The van der Waals surface area contributed by atoms with Gasteiger partial charge in [0.1, 0.15) is 6.04 Å². The predicted molar refractivity (Wildman–Crippen MR) is 104 cm³/mol. The molecule has 2 rings (SSSR count). The molecule has 1 heterocycles. The van der Waals surface area contributed by atoms with Crippen LogP contribution < -0.4 is 16.4 Å². The van der Waals surface area contributed by atoms with Crippen LogP contribution in [0.15, 0.2) is 24.4 Å². The number of benzene rings is 1. The number of hydrogen-bond donors (Lipinski definition) is 3. The highest BCUT2D eigenvalue weighted by Gasteiger charge is 2.25. The van der Waals surface area contributed by atoms with Crippen LogP contribution in [0.3, 0.4) is 0 Å². The number of anilines is 1. The van der Waals surface area contributed by atoms with E-state index in [2.05, 4.69) is 15.6 Å². The summed E-state index contributed by atoms with van der Waals surface area (Å²) in [6.45, 7) is 1.89. The molecular formula is C18H23F2N5O2S. The van der Waals surface area contributed by atoms with Crippen molar-refractivity contribution in [3.8, 4) is 0 Å². The van der Waals surface area contributed by atoms with E-state index in [1.807, 2.05) is 0 Å². The smallest absolute Gasteiger partial charge is 0.243 e. The summed E-state index contributed by atoms with van der Waals surface area (Å²) >= 11 is 1.24. The van der Waals surface area contributed by atoms with E-state index in [9.17, 15) is 18.4 Å². The van der Waals surface area contributed by atoms with Crippen molar-refractivity contribution < 1.29 is 18.4 Å². The molecule has 0 unspecified atom stereocenters. The molecule has 0 bridgehead atoms. The van der Waals surface area contributed by atoms with Crippen LogP contribution in [-0.2, 0) is 22.6 Å². The van der Waals surface area contributed by atoms with Crippen molar-refractivity contribution in [3.63, 3.8) is 0 Å². The third-order valence-corrected chi connectivity index (χ3v) is 5.05. The Morgan fingerprint density at radius 3 is 2.54 bits per heavy atom. The first-order valence-corrected chi connectivity index (χ1v) is 9.37. The van der Waals surface area contributed by atoms with Crippen molar-refractivity contribution in [1.82, 2.24) is 20.5 Å². The normalized spacial score (nSPS) is 13.2. The Bertz CT molecular complexity index is 843. The first kappa shape index (κ1) is 21.7. The largest absolute Gasteiger partial charge is 0.375 e. The number of thiazole rings is 1. The number of rotatable bonds is 8. The van der Waals surface area contributed by atoms with Gasteiger partial charge in [0, 0.05) is 17.5 Å². The first-order chi connectivity index (χ1) is 13.2. The van der Waals surface area contributed by atoms with Crippen molar-refractivity contribution in [3.05, 3.63) is 46.5 Å². The van der Waals surface area contributed by atoms with Gasteiger partial charge in [0.2, 0.25) is 11.8 Å². The fourth-order valence-electron chi connectivity index (χ4n) is 2.34. The fourth-order valence-corrected chi connectivity index (χ4v) is 2.96. The number of nitrogens with one attached hydrogen (secondary N) is 2. The molecule has 0 radical (unpaired) electrons. The quantitative estimate of drug-likeness (QED) is 0.608. The Kier molecular flexibility index (Phi) is 7.41. The number of nitrogens with two attached hydrogens (primary N) is 1. The Morgan fingerprint density at radius 2 is 1.96 bits per heavy atom. The first-order valence-electron chi connectivity index (χ1n) is 8.56. The van der Waals surface area contributed by atoms with Gasteiger partial charge in [0.15, 0.2) is 16.8 Å². The lowest BCUT2D eigenvalue weighted by Crippen LogP contribution is -2.52. The van der Waals surface area contributed by atoms with E-state index in [-0.39, 0.29) is 18.9 Å². The third-order valence-electron chi connectivity index (χ3n) is 4.22. The second-order valence-electron chi connectivity index (χ2n) is 6.54. The number of carbonyl (C=O) groups excluding carboxylic acids is 2. The van der Waals surface area contributed by atoms with Crippen molar-refractivity contribution in [1.29, 1.82) is 0 Å². The maximum Gasteiger partial charge on any atom is 0.243 e. The monoisotopic (exact) mass is 411 g/mol. The van der Waals surface area contributed by atoms with E-state index in [1.165, 1.54) is 17.4 Å². The number of nitrogen functional groups attached to an aromatic ring is 1. The number of likely N-dealkylation sites (N-methyl/N-ethyl adjacent to an activating group) is 1. The SMILES string of the molecule is C[C@@H](C(=O)N[C@@H](Cc1ccc(F)c(F)c1)C(=O)NCc1cnc(N)s1)N(C)C. The van der Waals surface area contributed by atoms with Gasteiger partial charge < -0.3 is 16.4 Å². The molecule has 10 heteroatoms. The Labute approximate surface area is 165 Å². The molecule has 0 spiro atoms. The Balaban J connectivity index is 2.12. The van der Waals surface area contributed by atoms with Gasteiger partial charge in [-0.25, -0.2) is 13.8 Å². The van der Waals surface area contributed by atoms with Crippen LogP contribution in [0.25, 0.3) is 0 Å². The minimum Gasteiger partial charge on any atom is -0.375 e. The average molecular weight is 411 g/mol. The summed E-state index contributed by atoms with van der Waals surface area (Å²) < 4.78 is 26.7. The van der Waals surface area contributed by atoms with E-state index in [0.29, 0.717) is 10.7 Å². The van der Waals surface area contributed by atoms with Crippen molar-refractivity contribution in [2.75, 3.05) is 19.8 Å². The minimum atomic E-state index is -1.01. The number of aromatic nitrogens is 1. The molecule has 1 aromatic carbocycles. The number of amides is 2. The molecule has 0 aliphatic carbocycles. The zero-order valence-electron chi connectivity index (χ0n) is 15.8. The summed E-state index contributed by atoms with van der Waals surface area (Å²) in [4.78, 5) is 31.4. The topological polar surface area (TPSA) is 100 Å². The molecule has 2 aromatic rings. The van der Waals surface area contributed by atoms with E-state index < -0.39 is 29.6 Å². The summed E-state index contributed by atoms with van der Waals surface area (Å²) in [6.07, 6.45) is 1.57. The molecule has 28 heavy (non-hydrogen) atoms. The molecule has 0 fully saturated rings. The molecule has 0 saturated heterocycles. The van der Waals surface area contributed by atoms with Gasteiger partial charge in [-0.05, 0) is 38.7 Å². The summed E-state index contributed by atoms with van der Waals surface area (Å²) in [5.74, 6) is -2.78.